The molecule has 0 aromatic heterocycles. The van der Waals surface area contributed by atoms with E-state index in [-0.39, 0.29) is 0 Å². The summed E-state index contributed by atoms with van der Waals surface area (Å²) < 4.78 is 0.375. The minimum Gasteiger partial charge on any atom is -0.0727 e. The lowest BCUT2D eigenvalue weighted by atomic mass is 11.0. The van der Waals surface area contributed by atoms with Gasteiger partial charge < -0.3 is 0 Å². The summed E-state index contributed by atoms with van der Waals surface area (Å²) in [6.07, 6.45) is 2.57. The normalized spacial score (nSPS) is 30.0. The van der Waals surface area contributed by atoms with Crippen LogP contribution in [-0.2, 0) is 0 Å². The maximum absolute atomic E-state index is 3.40. The number of hydrogen-bond acceptors (Lipinski definition) is 0. The summed E-state index contributed by atoms with van der Waals surface area (Å²) in [5.41, 5.74) is 0. The van der Waals surface area contributed by atoms with Crippen molar-refractivity contribution < 1.29 is 0 Å². The van der Waals surface area contributed by atoms with Crippen LogP contribution >= 0.6 is 31.9 Å². The summed E-state index contributed by atoms with van der Waals surface area (Å²) >= 11 is 6.81. The van der Waals surface area contributed by atoms with Gasteiger partial charge in [0.15, 0.2) is 0 Å². The predicted octanol–water partition coefficient (Wildman–Crippen LogP) is 2.27. The van der Waals surface area contributed by atoms with Gasteiger partial charge in [-0.25, -0.2) is 0 Å². The first kappa shape index (κ1) is 4.13. The first-order chi connectivity index (χ1) is 2.21. The average molecular weight is 200 g/mol. The van der Waals surface area contributed by atoms with Crippen molar-refractivity contribution in [3.05, 3.63) is 0 Å². The Morgan fingerprint density at radius 2 is 1.40 bits per heavy atom. The van der Waals surface area contributed by atoms with Crippen LogP contribution < -0.4 is 0 Å². The van der Waals surface area contributed by atoms with Gasteiger partial charge in [-0.1, -0.05) is 31.9 Å². The fourth-order valence-electron chi connectivity index (χ4n) is 0.0945. The Morgan fingerprint density at radius 3 is 1.40 bits per heavy atom. The Balaban J connectivity index is 2.38. The molecule has 30 valence electrons. The van der Waals surface area contributed by atoms with Crippen LogP contribution in [0.1, 0.15) is 12.8 Å². The molecule has 0 spiro atoms. The van der Waals surface area contributed by atoms with E-state index in [9.17, 15) is 0 Å². The maximum atomic E-state index is 3.40. The SMILES string of the molecule is BrC1(Br)CC1. The summed E-state index contributed by atoms with van der Waals surface area (Å²) in [7, 11) is 0. The molecule has 0 amide bonds. The first-order valence-electron chi connectivity index (χ1n) is 1.59. The predicted molar refractivity (Wildman–Crippen MR) is 29.8 cm³/mol. The molecule has 0 nitrogen and oxygen atoms in total. The molecule has 0 aromatic rings. The van der Waals surface area contributed by atoms with Gasteiger partial charge in [-0.05, 0) is 12.8 Å². The lowest BCUT2D eigenvalue weighted by Gasteiger charge is -1.80. The Hall–Kier alpha value is 0.960. The van der Waals surface area contributed by atoms with E-state index in [1.54, 1.807) is 0 Å². The van der Waals surface area contributed by atoms with Crippen LogP contribution in [0.3, 0.4) is 0 Å². The minimum absolute atomic E-state index is 0.375. The fourth-order valence-corrected chi connectivity index (χ4v) is 0.491. The molecule has 0 heterocycles. The third kappa shape index (κ3) is 1.22. The lowest BCUT2D eigenvalue weighted by molar-refractivity contribution is 1.48. The molecule has 0 bridgehead atoms. The number of rotatable bonds is 0. The highest BCUT2D eigenvalue weighted by Gasteiger charge is 2.36. The van der Waals surface area contributed by atoms with Crippen LogP contribution in [0.4, 0.5) is 0 Å². The van der Waals surface area contributed by atoms with E-state index in [0.717, 1.165) is 0 Å². The highest BCUT2D eigenvalue weighted by Crippen LogP contribution is 2.49. The van der Waals surface area contributed by atoms with Crippen molar-refractivity contribution in [3.8, 4) is 0 Å². The second-order valence-corrected chi connectivity index (χ2v) is 5.46. The third-order valence-corrected chi connectivity index (χ3v) is 2.21. The molecule has 0 unspecified atom stereocenters. The van der Waals surface area contributed by atoms with Crippen LogP contribution in [-0.4, -0.2) is 3.23 Å². The van der Waals surface area contributed by atoms with Crippen molar-refractivity contribution in [2.75, 3.05) is 0 Å². The summed E-state index contributed by atoms with van der Waals surface area (Å²) in [6, 6.07) is 0. The Bertz CT molecular complexity index is 42.9. The zero-order valence-electron chi connectivity index (χ0n) is 2.67. The summed E-state index contributed by atoms with van der Waals surface area (Å²) in [4.78, 5) is 0. The quantitative estimate of drug-likeness (QED) is 0.526. The molecule has 1 saturated carbocycles. The van der Waals surface area contributed by atoms with Crippen LogP contribution in [0.2, 0.25) is 0 Å². The van der Waals surface area contributed by atoms with E-state index in [4.69, 9.17) is 0 Å². The zero-order chi connectivity index (χ0) is 3.91. The highest BCUT2D eigenvalue weighted by molar-refractivity contribution is 9.25. The molecule has 0 atom stereocenters. The van der Waals surface area contributed by atoms with Gasteiger partial charge in [0.1, 0.15) is 0 Å². The molecule has 1 aliphatic rings. The van der Waals surface area contributed by atoms with Gasteiger partial charge in [0.2, 0.25) is 0 Å². The van der Waals surface area contributed by atoms with Crippen molar-refractivity contribution >= 4 is 31.9 Å². The van der Waals surface area contributed by atoms with Gasteiger partial charge in [0.05, 0.1) is 3.23 Å². The molecule has 0 saturated heterocycles. The highest BCUT2D eigenvalue weighted by atomic mass is 79.9. The Morgan fingerprint density at radius 1 is 1.20 bits per heavy atom. The van der Waals surface area contributed by atoms with Crippen molar-refractivity contribution in [1.82, 2.24) is 0 Å². The monoisotopic (exact) mass is 198 g/mol. The van der Waals surface area contributed by atoms with Gasteiger partial charge >= 0.3 is 0 Å². The number of hydrogen-bond donors (Lipinski definition) is 0. The van der Waals surface area contributed by atoms with Crippen molar-refractivity contribution in [1.29, 1.82) is 0 Å². The van der Waals surface area contributed by atoms with Crippen molar-refractivity contribution in [2.45, 2.75) is 16.1 Å². The molecule has 0 radical (unpaired) electrons. The number of alkyl halides is 2. The van der Waals surface area contributed by atoms with Crippen LogP contribution in [0.25, 0.3) is 0 Å². The van der Waals surface area contributed by atoms with E-state index in [2.05, 4.69) is 31.9 Å². The summed E-state index contributed by atoms with van der Waals surface area (Å²) in [5, 5.41) is 0. The van der Waals surface area contributed by atoms with E-state index in [1.165, 1.54) is 12.8 Å². The topological polar surface area (TPSA) is 0 Å². The molecule has 0 aliphatic heterocycles. The molecule has 1 fully saturated rings. The van der Waals surface area contributed by atoms with E-state index in [0.29, 0.717) is 3.23 Å². The van der Waals surface area contributed by atoms with Gasteiger partial charge in [0.25, 0.3) is 0 Å². The molecule has 2 heteroatoms. The molecular weight excluding hydrogens is 196 g/mol. The fraction of sp³-hybridized carbons (Fsp3) is 1.00. The smallest absolute Gasteiger partial charge is 0.0727 e. The average Bonchev–Trinajstić information content (AvgIpc) is 1.76. The second kappa shape index (κ2) is 0.969. The van der Waals surface area contributed by atoms with Crippen LogP contribution in [0.5, 0.6) is 0 Å². The van der Waals surface area contributed by atoms with Gasteiger partial charge in [-0.2, -0.15) is 0 Å². The standard InChI is InChI=1S/C3H4Br2/c4-3(5)1-2-3/h1-2H2. The van der Waals surface area contributed by atoms with Gasteiger partial charge in [-0.15, -0.1) is 0 Å². The zero-order valence-corrected chi connectivity index (χ0v) is 5.84. The van der Waals surface area contributed by atoms with E-state index in [1.807, 2.05) is 0 Å². The van der Waals surface area contributed by atoms with Crippen LogP contribution in [0.15, 0.2) is 0 Å². The molecule has 0 N–H and O–H groups in total. The number of halogens is 2. The Kier molecular flexibility index (Phi) is 0.800. The molecular formula is C3H4Br2. The maximum Gasteiger partial charge on any atom is 0.0807 e. The van der Waals surface area contributed by atoms with E-state index < -0.39 is 0 Å². The van der Waals surface area contributed by atoms with Gasteiger partial charge in [-0.3, -0.25) is 0 Å². The first-order valence-corrected chi connectivity index (χ1v) is 3.17. The van der Waals surface area contributed by atoms with Gasteiger partial charge in [0, 0.05) is 0 Å². The molecule has 0 aromatic carbocycles. The molecule has 1 rings (SSSR count). The van der Waals surface area contributed by atoms with E-state index >= 15 is 0 Å². The Labute approximate surface area is 48.2 Å². The summed E-state index contributed by atoms with van der Waals surface area (Å²) in [5.74, 6) is 0. The molecule has 5 heavy (non-hydrogen) atoms. The largest absolute Gasteiger partial charge is 0.0807 e. The van der Waals surface area contributed by atoms with Crippen molar-refractivity contribution in [2.24, 2.45) is 0 Å². The van der Waals surface area contributed by atoms with Crippen LogP contribution in [0, 0.1) is 0 Å². The second-order valence-electron chi connectivity index (χ2n) is 1.36. The summed E-state index contributed by atoms with van der Waals surface area (Å²) in [6.45, 7) is 0. The third-order valence-electron chi connectivity index (χ3n) is 0.628. The minimum atomic E-state index is 0.375. The van der Waals surface area contributed by atoms with Crippen molar-refractivity contribution in [3.63, 3.8) is 0 Å². The lowest BCUT2D eigenvalue weighted by Crippen LogP contribution is -1.70. The molecule has 1 aliphatic carbocycles.